The molecule has 1 aliphatic rings. The Kier molecular flexibility index (Phi) is 2.82. The van der Waals surface area contributed by atoms with Crippen LogP contribution in [0.5, 0.6) is 11.5 Å². The van der Waals surface area contributed by atoms with E-state index in [1.807, 2.05) is 12.1 Å². The molecule has 0 aromatic heterocycles. The Morgan fingerprint density at radius 3 is 3.00 bits per heavy atom. The first kappa shape index (κ1) is 10.3. The van der Waals surface area contributed by atoms with E-state index in [2.05, 4.69) is 12.2 Å². The number of phenolic OH excluding ortho intramolecular Hbond substituents is 1. The van der Waals surface area contributed by atoms with E-state index in [9.17, 15) is 5.11 Å². The van der Waals surface area contributed by atoms with Crippen molar-refractivity contribution in [2.45, 2.75) is 25.8 Å². The maximum absolute atomic E-state index is 9.69. The molecule has 0 saturated heterocycles. The predicted octanol–water partition coefficient (Wildman–Crippen LogP) is 0.971. The molecule has 0 saturated carbocycles. The Morgan fingerprint density at radius 2 is 2.33 bits per heavy atom. The average Bonchev–Trinajstić information content (AvgIpc) is 2.27. The van der Waals surface area contributed by atoms with Crippen LogP contribution in [0.15, 0.2) is 12.1 Å². The van der Waals surface area contributed by atoms with Crippen molar-refractivity contribution in [3.8, 4) is 11.5 Å². The minimum absolute atomic E-state index is 0.257. The van der Waals surface area contributed by atoms with Crippen molar-refractivity contribution in [2.24, 2.45) is 0 Å². The van der Waals surface area contributed by atoms with Crippen LogP contribution in [-0.2, 0) is 6.42 Å². The number of nitrogens with two attached hydrogens (primary N) is 1. The number of methoxy groups -OCH3 is 1. The van der Waals surface area contributed by atoms with E-state index in [1.54, 1.807) is 7.11 Å². The van der Waals surface area contributed by atoms with Crippen molar-refractivity contribution >= 4 is 0 Å². The summed E-state index contributed by atoms with van der Waals surface area (Å²) in [6.45, 7) is 3.30. The van der Waals surface area contributed by atoms with Gasteiger partial charge in [-0.05, 0) is 17.7 Å². The molecule has 1 atom stereocenters. The monoisotopic (exact) mass is 208 g/mol. The fourth-order valence-corrected chi connectivity index (χ4v) is 2.31. The summed E-state index contributed by atoms with van der Waals surface area (Å²) < 4.78 is 5.14. The minimum Gasteiger partial charge on any atom is -0.504 e. The van der Waals surface area contributed by atoms with Gasteiger partial charge in [0.1, 0.15) is 6.04 Å². The number of phenols is 1. The fraction of sp³-hybridized carbons (Fsp3) is 0.500. The maximum atomic E-state index is 9.69. The van der Waals surface area contributed by atoms with Gasteiger partial charge in [0.25, 0.3) is 0 Å². The van der Waals surface area contributed by atoms with Gasteiger partial charge in [0.2, 0.25) is 0 Å². The summed E-state index contributed by atoms with van der Waals surface area (Å²) in [5.41, 5.74) is 2.58. The van der Waals surface area contributed by atoms with Crippen LogP contribution in [0.2, 0.25) is 0 Å². The van der Waals surface area contributed by atoms with Gasteiger partial charge in [-0.3, -0.25) is 0 Å². The third kappa shape index (κ3) is 1.79. The molecule has 0 radical (unpaired) electrons. The van der Waals surface area contributed by atoms with Gasteiger partial charge in [0, 0.05) is 18.4 Å². The number of hydrogen-bond donors (Lipinski definition) is 2. The van der Waals surface area contributed by atoms with Gasteiger partial charge in [0.05, 0.1) is 13.7 Å². The molecule has 2 rings (SSSR count). The van der Waals surface area contributed by atoms with Crippen LogP contribution >= 0.6 is 0 Å². The van der Waals surface area contributed by atoms with Gasteiger partial charge in [-0.15, -0.1) is 0 Å². The second-order valence-electron chi connectivity index (χ2n) is 4.01. The number of aromatic hydroxyl groups is 1. The average molecular weight is 208 g/mol. The number of rotatable bonds is 2. The van der Waals surface area contributed by atoms with Gasteiger partial charge in [-0.1, -0.05) is 6.92 Å². The molecule has 0 unspecified atom stereocenters. The van der Waals surface area contributed by atoms with Crippen LogP contribution in [-0.4, -0.2) is 18.8 Å². The van der Waals surface area contributed by atoms with E-state index in [4.69, 9.17) is 4.74 Å². The Labute approximate surface area is 90.1 Å². The molecule has 15 heavy (non-hydrogen) atoms. The van der Waals surface area contributed by atoms with Crippen LogP contribution in [0.4, 0.5) is 0 Å². The van der Waals surface area contributed by atoms with Crippen LogP contribution in [0.3, 0.4) is 0 Å². The molecule has 1 aromatic rings. The fourth-order valence-electron chi connectivity index (χ4n) is 2.31. The number of benzene rings is 1. The lowest BCUT2D eigenvalue weighted by Gasteiger charge is -2.23. The lowest BCUT2D eigenvalue weighted by atomic mass is 9.92. The molecule has 82 valence electrons. The van der Waals surface area contributed by atoms with Crippen LogP contribution in [0, 0.1) is 0 Å². The Morgan fingerprint density at radius 1 is 1.53 bits per heavy atom. The highest BCUT2D eigenvalue weighted by Crippen LogP contribution is 2.33. The summed E-state index contributed by atoms with van der Waals surface area (Å²) in [5.74, 6) is 0.843. The second-order valence-corrected chi connectivity index (χ2v) is 4.01. The van der Waals surface area contributed by atoms with Crippen molar-refractivity contribution in [3.63, 3.8) is 0 Å². The minimum atomic E-state index is 0.257. The first-order chi connectivity index (χ1) is 7.26. The van der Waals surface area contributed by atoms with Gasteiger partial charge in [-0.2, -0.15) is 0 Å². The zero-order chi connectivity index (χ0) is 10.8. The summed E-state index contributed by atoms with van der Waals surface area (Å²) >= 11 is 0. The number of hydrogen-bond acceptors (Lipinski definition) is 2. The molecule has 3 nitrogen and oxygen atoms in total. The lowest BCUT2D eigenvalue weighted by molar-refractivity contribution is -0.699. The maximum Gasteiger partial charge on any atom is 0.161 e. The van der Waals surface area contributed by atoms with E-state index in [1.165, 1.54) is 11.1 Å². The smallest absolute Gasteiger partial charge is 0.161 e. The van der Waals surface area contributed by atoms with E-state index in [0.717, 1.165) is 19.4 Å². The molecular weight excluding hydrogens is 190 g/mol. The van der Waals surface area contributed by atoms with Crippen LogP contribution < -0.4 is 10.1 Å². The van der Waals surface area contributed by atoms with Crippen molar-refractivity contribution in [2.75, 3.05) is 13.7 Å². The van der Waals surface area contributed by atoms with Crippen molar-refractivity contribution in [3.05, 3.63) is 23.3 Å². The van der Waals surface area contributed by atoms with Crippen LogP contribution in [0.1, 0.15) is 30.5 Å². The molecular formula is C12H18NO2+. The molecule has 0 aliphatic carbocycles. The van der Waals surface area contributed by atoms with Gasteiger partial charge >= 0.3 is 0 Å². The zero-order valence-electron chi connectivity index (χ0n) is 9.29. The van der Waals surface area contributed by atoms with E-state index in [-0.39, 0.29) is 5.75 Å². The molecule has 0 amide bonds. The summed E-state index contributed by atoms with van der Waals surface area (Å²) in [4.78, 5) is 0. The van der Waals surface area contributed by atoms with Gasteiger partial charge < -0.3 is 15.2 Å². The summed E-state index contributed by atoms with van der Waals surface area (Å²) in [5, 5.41) is 12.1. The molecule has 1 heterocycles. The summed E-state index contributed by atoms with van der Waals surface area (Å²) in [6, 6.07) is 4.35. The molecule has 0 fully saturated rings. The molecule has 1 aromatic carbocycles. The largest absolute Gasteiger partial charge is 0.504 e. The molecule has 1 aliphatic heterocycles. The third-order valence-corrected chi connectivity index (χ3v) is 3.14. The first-order valence-electron chi connectivity index (χ1n) is 5.49. The highest BCUT2D eigenvalue weighted by Gasteiger charge is 2.23. The topological polar surface area (TPSA) is 46.1 Å². The zero-order valence-corrected chi connectivity index (χ0v) is 9.29. The Bertz CT molecular complexity index is 363. The Balaban J connectivity index is 2.46. The third-order valence-electron chi connectivity index (χ3n) is 3.14. The van der Waals surface area contributed by atoms with Crippen molar-refractivity contribution in [1.82, 2.24) is 0 Å². The van der Waals surface area contributed by atoms with Crippen molar-refractivity contribution < 1.29 is 15.2 Å². The normalized spacial score (nSPS) is 19.7. The summed E-state index contributed by atoms with van der Waals surface area (Å²) in [6.07, 6.45) is 2.14. The second kappa shape index (κ2) is 4.11. The van der Waals surface area contributed by atoms with Crippen molar-refractivity contribution in [1.29, 1.82) is 0 Å². The predicted molar refractivity (Wildman–Crippen MR) is 58.2 cm³/mol. The Hall–Kier alpha value is -1.22. The van der Waals surface area contributed by atoms with E-state index < -0.39 is 0 Å². The number of ether oxygens (including phenoxy) is 1. The van der Waals surface area contributed by atoms with E-state index >= 15 is 0 Å². The highest BCUT2D eigenvalue weighted by atomic mass is 16.5. The van der Waals surface area contributed by atoms with E-state index in [0.29, 0.717) is 11.8 Å². The molecule has 3 N–H and O–H groups in total. The molecule has 0 bridgehead atoms. The molecule has 3 heteroatoms. The summed E-state index contributed by atoms with van der Waals surface area (Å²) in [7, 11) is 1.59. The SMILES string of the molecule is CC[C@H]1[NH2+]CCc2cc(O)c(OC)cc21. The van der Waals surface area contributed by atoms with Gasteiger partial charge in [0.15, 0.2) is 11.5 Å². The number of quaternary nitrogens is 1. The first-order valence-corrected chi connectivity index (χ1v) is 5.49. The lowest BCUT2D eigenvalue weighted by Crippen LogP contribution is -2.87. The molecule has 0 spiro atoms. The highest BCUT2D eigenvalue weighted by molar-refractivity contribution is 5.47. The van der Waals surface area contributed by atoms with Gasteiger partial charge in [-0.25, -0.2) is 0 Å². The quantitative estimate of drug-likeness (QED) is 0.760. The number of fused-ring (bicyclic) bond motifs is 1. The van der Waals surface area contributed by atoms with Crippen LogP contribution in [0.25, 0.3) is 0 Å². The standard InChI is InChI=1S/C12H17NO2/c1-3-10-9-7-12(15-2)11(14)6-8(9)4-5-13-10/h6-7,10,13-14H,3-5H2,1-2H3/p+1/t10-/m1/s1.